The van der Waals surface area contributed by atoms with E-state index in [1.807, 2.05) is 0 Å². The summed E-state index contributed by atoms with van der Waals surface area (Å²) >= 11 is 0. The van der Waals surface area contributed by atoms with Crippen LogP contribution in [0.25, 0.3) is 0 Å². The maximum Gasteiger partial charge on any atom is 0.0477 e. The normalized spacial score (nSPS) is 26.9. The third-order valence-corrected chi connectivity index (χ3v) is 4.95. The van der Waals surface area contributed by atoms with Gasteiger partial charge in [0.05, 0.1) is 0 Å². The van der Waals surface area contributed by atoms with Crippen LogP contribution in [-0.4, -0.2) is 42.8 Å². The molecule has 2 heterocycles. The van der Waals surface area contributed by atoms with Gasteiger partial charge in [-0.3, -0.25) is 4.90 Å². The van der Waals surface area contributed by atoms with Gasteiger partial charge in [-0.2, -0.15) is 0 Å². The predicted molar refractivity (Wildman–Crippen MR) is 76.8 cm³/mol. The summed E-state index contributed by atoms with van der Waals surface area (Å²) in [6.07, 6.45) is 2.42. The Morgan fingerprint density at radius 1 is 1.21 bits per heavy atom. The van der Waals surface area contributed by atoms with Crippen molar-refractivity contribution in [2.75, 3.05) is 32.8 Å². The minimum Gasteiger partial charge on any atom is -0.396 e. The lowest BCUT2D eigenvalue weighted by Crippen LogP contribution is -2.42. The van der Waals surface area contributed by atoms with E-state index >= 15 is 0 Å². The molecule has 1 aromatic rings. The highest BCUT2D eigenvalue weighted by atomic mass is 16.3. The zero-order chi connectivity index (χ0) is 13.1. The van der Waals surface area contributed by atoms with Gasteiger partial charge in [-0.1, -0.05) is 30.3 Å². The lowest BCUT2D eigenvalue weighted by molar-refractivity contribution is 0.0984. The van der Waals surface area contributed by atoms with Crippen LogP contribution in [0.15, 0.2) is 30.3 Å². The second-order valence-electron chi connectivity index (χ2n) is 6.15. The van der Waals surface area contributed by atoms with Gasteiger partial charge in [0.1, 0.15) is 0 Å². The minimum atomic E-state index is 0.339. The maximum absolute atomic E-state index is 9.72. The van der Waals surface area contributed by atoms with E-state index in [2.05, 4.69) is 40.5 Å². The van der Waals surface area contributed by atoms with Crippen molar-refractivity contribution in [2.45, 2.75) is 19.4 Å². The molecular weight excluding hydrogens is 236 g/mol. The number of benzene rings is 1. The van der Waals surface area contributed by atoms with Crippen LogP contribution < -0.4 is 5.32 Å². The van der Waals surface area contributed by atoms with Crippen LogP contribution in [0.2, 0.25) is 0 Å². The first-order valence-electron chi connectivity index (χ1n) is 7.40. The zero-order valence-electron chi connectivity index (χ0n) is 11.5. The third kappa shape index (κ3) is 2.69. The molecule has 2 N–H and O–H groups in total. The molecule has 1 aromatic carbocycles. The fourth-order valence-corrected chi connectivity index (χ4v) is 3.85. The Balaban J connectivity index is 1.69. The van der Waals surface area contributed by atoms with Crippen LogP contribution >= 0.6 is 0 Å². The molecule has 2 aliphatic rings. The summed E-state index contributed by atoms with van der Waals surface area (Å²) in [5, 5.41) is 13.2. The molecule has 0 aromatic heterocycles. The van der Waals surface area contributed by atoms with Crippen molar-refractivity contribution >= 4 is 0 Å². The molecule has 3 nitrogen and oxygen atoms in total. The first kappa shape index (κ1) is 13.1. The molecule has 19 heavy (non-hydrogen) atoms. The molecule has 0 unspecified atom stereocenters. The van der Waals surface area contributed by atoms with Crippen molar-refractivity contribution in [2.24, 2.45) is 11.3 Å². The molecular formula is C16H24N2O. The number of piperidine rings is 1. The van der Waals surface area contributed by atoms with E-state index in [1.54, 1.807) is 0 Å². The fourth-order valence-electron chi connectivity index (χ4n) is 3.85. The van der Waals surface area contributed by atoms with Gasteiger partial charge in [0.2, 0.25) is 0 Å². The Morgan fingerprint density at radius 2 is 1.95 bits per heavy atom. The van der Waals surface area contributed by atoms with E-state index in [4.69, 9.17) is 0 Å². The number of nitrogens with zero attached hydrogens (tertiary/aromatic N) is 1. The Bertz CT molecular complexity index is 400. The van der Waals surface area contributed by atoms with Crippen LogP contribution in [0.3, 0.4) is 0 Å². The molecule has 1 spiro atoms. The summed E-state index contributed by atoms with van der Waals surface area (Å²) in [5.74, 6) is 0.457. The van der Waals surface area contributed by atoms with Gasteiger partial charge in [0.25, 0.3) is 0 Å². The summed E-state index contributed by atoms with van der Waals surface area (Å²) in [7, 11) is 0. The number of rotatable bonds is 3. The van der Waals surface area contributed by atoms with Crippen molar-refractivity contribution in [3.05, 3.63) is 35.9 Å². The number of hydrogen-bond acceptors (Lipinski definition) is 3. The lowest BCUT2D eigenvalue weighted by Gasteiger charge is -2.38. The van der Waals surface area contributed by atoms with Gasteiger partial charge < -0.3 is 10.4 Å². The van der Waals surface area contributed by atoms with E-state index in [1.165, 1.54) is 18.4 Å². The largest absolute Gasteiger partial charge is 0.396 e. The van der Waals surface area contributed by atoms with Crippen molar-refractivity contribution in [1.82, 2.24) is 10.2 Å². The number of likely N-dealkylation sites (tertiary alicyclic amines) is 1. The zero-order valence-corrected chi connectivity index (χ0v) is 11.5. The average Bonchev–Trinajstić information content (AvgIpc) is 2.78. The van der Waals surface area contributed by atoms with Crippen LogP contribution in [-0.2, 0) is 6.54 Å². The SMILES string of the molecule is OC[C@H]1CN(Cc2ccccc2)CC12CCNCC2. The van der Waals surface area contributed by atoms with Crippen LogP contribution in [0.5, 0.6) is 0 Å². The van der Waals surface area contributed by atoms with Crippen molar-refractivity contribution < 1.29 is 5.11 Å². The molecule has 3 heteroatoms. The fraction of sp³-hybridized carbons (Fsp3) is 0.625. The Morgan fingerprint density at radius 3 is 2.63 bits per heavy atom. The van der Waals surface area contributed by atoms with E-state index in [9.17, 15) is 5.11 Å². The van der Waals surface area contributed by atoms with E-state index in [-0.39, 0.29) is 0 Å². The summed E-state index contributed by atoms with van der Waals surface area (Å²) < 4.78 is 0. The van der Waals surface area contributed by atoms with E-state index in [0.29, 0.717) is 17.9 Å². The topological polar surface area (TPSA) is 35.5 Å². The minimum absolute atomic E-state index is 0.339. The quantitative estimate of drug-likeness (QED) is 0.864. The molecule has 0 radical (unpaired) electrons. The molecule has 0 aliphatic carbocycles. The van der Waals surface area contributed by atoms with Gasteiger partial charge in [0.15, 0.2) is 0 Å². The smallest absolute Gasteiger partial charge is 0.0477 e. The van der Waals surface area contributed by atoms with E-state index in [0.717, 1.165) is 32.7 Å². The molecule has 1 atom stereocenters. The predicted octanol–water partition coefficient (Wildman–Crippen LogP) is 1.48. The van der Waals surface area contributed by atoms with Gasteiger partial charge in [-0.05, 0) is 36.9 Å². The number of aliphatic hydroxyl groups excluding tert-OH is 1. The van der Waals surface area contributed by atoms with E-state index < -0.39 is 0 Å². The highest BCUT2D eigenvalue weighted by molar-refractivity contribution is 5.15. The number of aliphatic hydroxyl groups is 1. The second kappa shape index (κ2) is 5.61. The molecule has 3 rings (SSSR count). The number of nitrogens with one attached hydrogen (secondary N) is 1. The standard InChI is InChI=1S/C16H24N2O/c19-12-15-11-18(10-14-4-2-1-3-5-14)13-16(15)6-8-17-9-7-16/h1-5,15,17,19H,6-13H2/t15-/m1/s1. The summed E-state index contributed by atoms with van der Waals surface area (Å²) in [6.45, 7) is 5.77. The van der Waals surface area contributed by atoms with Crippen LogP contribution in [0.4, 0.5) is 0 Å². The molecule has 2 fully saturated rings. The highest BCUT2D eigenvalue weighted by Crippen LogP contribution is 2.43. The van der Waals surface area contributed by atoms with Crippen molar-refractivity contribution in [1.29, 1.82) is 0 Å². The molecule has 0 saturated carbocycles. The van der Waals surface area contributed by atoms with Gasteiger partial charge in [-0.15, -0.1) is 0 Å². The highest BCUT2D eigenvalue weighted by Gasteiger charge is 2.46. The maximum atomic E-state index is 9.72. The van der Waals surface area contributed by atoms with Gasteiger partial charge >= 0.3 is 0 Å². The Kier molecular flexibility index (Phi) is 3.87. The van der Waals surface area contributed by atoms with Crippen molar-refractivity contribution in [3.8, 4) is 0 Å². The lowest BCUT2D eigenvalue weighted by atomic mass is 9.71. The number of hydrogen-bond donors (Lipinski definition) is 2. The summed E-state index contributed by atoms with van der Waals surface area (Å²) in [6, 6.07) is 10.7. The third-order valence-electron chi connectivity index (χ3n) is 4.95. The average molecular weight is 260 g/mol. The van der Waals surface area contributed by atoms with Crippen molar-refractivity contribution in [3.63, 3.8) is 0 Å². The van der Waals surface area contributed by atoms with Gasteiger partial charge in [-0.25, -0.2) is 0 Å². The summed E-state index contributed by atoms with van der Waals surface area (Å²) in [4.78, 5) is 2.53. The second-order valence-corrected chi connectivity index (χ2v) is 6.15. The summed E-state index contributed by atoms with van der Waals surface area (Å²) in [5.41, 5.74) is 1.74. The molecule has 104 valence electrons. The Hall–Kier alpha value is -0.900. The Labute approximate surface area is 115 Å². The van der Waals surface area contributed by atoms with Crippen LogP contribution in [0.1, 0.15) is 18.4 Å². The molecule has 0 amide bonds. The first-order chi connectivity index (χ1) is 9.32. The van der Waals surface area contributed by atoms with Crippen LogP contribution in [0, 0.1) is 11.3 Å². The monoisotopic (exact) mass is 260 g/mol. The first-order valence-corrected chi connectivity index (χ1v) is 7.40. The van der Waals surface area contributed by atoms with Gasteiger partial charge in [0, 0.05) is 32.2 Å². The molecule has 0 bridgehead atoms. The molecule has 2 saturated heterocycles. The molecule has 2 aliphatic heterocycles.